The van der Waals surface area contributed by atoms with Gasteiger partial charge in [0.2, 0.25) is 5.82 Å². The minimum Gasteiger partial charge on any atom is -0.278 e. The van der Waals surface area contributed by atoms with Gasteiger partial charge in [-0.3, -0.25) is 9.89 Å². The second kappa shape index (κ2) is 4.61. The van der Waals surface area contributed by atoms with E-state index < -0.39 is 45.8 Å². The van der Waals surface area contributed by atoms with E-state index in [0.29, 0.717) is 0 Å². The molecule has 0 aliphatic carbocycles. The van der Waals surface area contributed by atoms with Crippen LogP contribution in [0.25, 0.3) is 16.9 Å². The molecule has 0 saturated heterocycles. The van der Waals surface area contributed by atoms with Crippen molar-refractivity contribution in [2.45, 2.75) is 6.92 Å². The molecule has 0 radical (unpaired) electrons. The number of nitrogens with zero attached hydrogens (tertiary/aromatic N) is 3. The normalized spacial score (nSPS) is 11.4. The molecular formula is C12H5F5N4O. The maximum absolute atomic E-state index is 13.9. The lowest BCUT2D eigenvalue weighted by atomic mass is 10.0. The van der Waals surface area contributed by atoms with E-state index >= 15 is 0 Å². The Balaban J connectivity index is 2.50. The van der Waals surface area contributed by atoms with Crippen LogP contribution in [0.1, 0.15) is 5.69 Å². The van der Waals surface area contributed by atoms with Crippen molar-refractivity contribution in [3.63, 3.8) is 0 Å². The van der Waals surface area contributed by atoms with Gasteiger partial charge in [-0.05, 0) is 6.92 Å². The van der Waals surface area contributed by atoms with Gasteiger partial charge in [0, 0.05) is 0 Å². The van der Waals surface area contributed by atoms with Gasteiger partial charge < -0.3 is 0 Å². The molecule has 0 unspecified atom stereocenters. The first-order valence-corrected chi connectivity index (χ1v) is 5.79. The van der Waals surface area contributed by atoms with Crippen LogP contribution >= 0.6 is 0 Å². The number of rotatable bonds is 1. The zero-order valence-electron chi connectivity index (χ0n) is 10.7. The molecule has 3 rings (SSSR count). The summed E-state index contributed by atoms with van der Waals surface area (Å²) in [6.45, 7) is 1.20. The molecule has 0 spiro atoms. The number of H-pyrrole nitrogens is 1. The summed E-state index contributed by atoms with van der Waals surface area (Å²) in [5, 5.41) is 2.33. The standard InChI is InChI=1S/C12H5F5N4O/c1-3-4(11(22)21-12(20-3)18-2-19-21)5-6(13)8(15)10(17)9(16)7(5)14/h2H,1H3,(H,18,19,20). The van der Waals surface area contributed by atoms with Gasteiger partial charge in [0.1, 0.15) is 6.33 Å². The van der Waals surface area contributed by atoms with Crippen molar-refractivity contribution in [2.75, 3.05) is 0 Å². The zero-order valence-corrected chi connectivity index (χ0v) is 10.7. The molecule has 0 aliphatic heterocycles. The van der Waals surface area contributed by atoms with Crippen LogP contribution in [0.15, 0.2) is 11.1 Å². The molecule has 1 N–H and O–H groups in total. The number of hydrogen-bond donors (Lipinski definition) is 1. The van der Waals surface area contributed by atoms with Crippen LogP contribution in [0.4, 0.5) is 22.0 Å². The maximum atomic E-state index is 13.9. The van der Waals surface area contributed by atoms with E-state index in [9.17, 15) is 26.7 Å². The van der Waals surface area contributed by atoms with Crippen molar-refractivity contribution in [1.29, 1.82) is 0 Å². The van der Waals surface area contributed by atoms with Gasteiger partial charge >= 0.3 is 0 Å². The highest BCUT2D eigenvalue weighted by atomic mass is 19.2. The molecule has 0 aliphatic rings. The Morgan fingerprint density at radius 3 is 2.09 bits per heavy atom. The largest absolute Gasteiger partial charge is 0.282 e. The lowest BCUT2D eigenvalue weighted by molar-refractivity contribution is 0.381. The van der Waals surface area contributed by atoms with Gasteiger partial charge in [-0.25, -0.2) is 31.9 Å². The molecule has 2 aromatic heterocycles. The second-order valence-electron chi connectivity index (χ2n) is 4.34. The number of aryl methyl sites for hydroxylation is 1. The first-order chi connectivity index (χ1) is 10.3. The number of benzene rings is 1. The second-order valence-corrected chi connectivity index (χ2v) is 4.34. The molecule has 2 heterocycles. The summed E-state index contributed by atoms with van der Waals surface area (Å²) < 4.78 is 68.1. The van der Waals surface area contributed by atoms with Gasteiger partial charge in [-0.15, -0.1) is 0 Å². The van der Waals surface area contributed by atoms with Gasteiger partial charge in [-0.1, -0.05) is 0 Å². The Bertz CT molecular complexity index is 949. The number of nitrogens with one attached hydrogen (secondary N) is 1. The molecule has 0 bridgehead atoms. The Hall–Kier alpha value is -2.78. The zero-order chi connectivity index (χ0) is 16.2. The third kappa shape index (κ3) is 1.73. The lowest BCUT2D eigenvalue weighted by Crippen LogP contribution is -2.21. The first-order valence-electron chi connectivity index (χ1n) is 5.79. The molecule has 3 aromatic rings. The van der Waals surface area contributed by atoms with E-state index in [1.165, 1.54) is 6.92 Å². The minimum absolute atomic E-state index is 0.102. The Morgan fingerprint density at radius 1 is 0.955 bits per heavy atom. The topological polar surface area (TPSA) is 63.1 Å². The number of hydrogen-bond acceptors (Lipinski definition) is 3. The molecule has 0 fully saturated rings. The van der Waals surface area contributed by atoms with Crippen molar-refractivity contribution in [1.82, 2.24) is 19.6 Å². The molecule has 1 aromatic carbocycles. The van der Waals surface area contributed by atoms with Crippen LogP contribution in [0.3, 0.4) is 0 Å². The van der Waals surface area contributed by atoms with Crippen LogP contribution in [0, 0.1) is 36.0 Å². The Kier molecular flexibility index (Phi) is 2.97. The van der Waals surface area contributed by atoms with Crippen LogP contribution in [-0.4, -0.2) is 19.6 Å². The van der Waals surface area contributed by atoms with Crippen LogP contribution < -0.4 is 5.56 Å². The SMILES string of the molecule is Cc1nc2nc[nH]n2c(=O)c1-c1c(F)c(F)c(F)c(F)c1F. The van der Waals surface area contributed by atoms with Crippen LogP contribution in [0.2, 0.25) is 0 Å². The summed E-state index contributed by atoms with van der Waals surface area (Å²) in [4.78, 5) is 19.7. The summed E-state index contributed by atoms with van der Waals surface area (Å²) >= 11 is 0. The Labute approximate surface area is 118 Å². The fraction of sp³-hybridized carbons (Fsp3) is 0.0833. The third-order valence-electron chi connectivity index (χ3n) is 3.07. The quantitative estimate of drug-likeness (QED) is 0.425. The summed E-state index contributed by atoms with van der Waals surface area (Å²) in [5.74, 6) is -10.9. The van der Waals surface area contributed by atoms with Crippen molar-refractivity contribution in [3.8, 4) is 11.1 Å². The minimum atomic E-state index is -2.30. The van der Waals surface area contributed by atoms with Crippen LogP contribution in [-0.2, 0) is 0 Å². The summed E-state index contributed by atoms with van der Waals surface area (Å²) in [7, 11) is 0. The predicted molar refractivity (Wildman–Crippen MR) is 63.6 cm³/mol. The number of aromatic amines is 1. The average Bonchev–Trinajstić information content (AvgIpc) is 2.95. The summed E-state index contributed by atoms with van der Waals surface area (Å²) in [6.07, 6.45) is 1.09. The first kappa shape index (κ1) is 14.2. The smallest absolute Gasteiger partial charge is 0.278 e. The van der Waals surface area contributed by atoms with Crippen molar-refractivity contribution >= 4 is 5.78 Å². The highest BCUT2D eigenvalue weighted by molar-refractivity contribution is 5.67. The van der Waals surface area contributed by atoms with Crippen molar-refractivity contribution in [2.24, 2.45) is 0 Å². The van der Waals surface area contributed by atoms with E-state index in [1.54, 1.807) is 0 Å². The molecule has 10 heteroatoms. The monoisotopic (exact) mass is 316 g/mol. The molecule has 22 heavy (non-hydrogen) atoms. The Morgan fingerprint density at radius 2 is 1.50 bits per heavy atom. The van der Waals surface area contributed by atoms with E-state index in [2.05, 4.69) is 15.1 Å². The number of fused-ring (bicyclic) bond motifs is 1. The average molecular weight is 316 g/mol. The molecule has 0 saturated carbocycles. The van der Waals surface area contributed by atoms with Gasteiger partial charge in [-0.2, -0.15) is 4.52 Å². The van der Waals surface area contributed by atoms with E-state index in [4.69, 9.17) is 0 Å². The number of halogens is 5. The molecular weight excluding hydrogens is 311 g/mol. The third-order valence-corrected chi connectivity index (χ3v) is 3.07. The van der Waals surface area contributed by atoms with Crippen molar-refractivity contribution < 1.29 is 22.0 Å². The van der Waals surface area contributed by atoms with Crippen LogP contribution in [0.5, 0.6) is 0 Å². The molecule has 0 amide bonds. The highest BCUT2D eigenvalue weighted by Gasteiger charge is 2.29. The number of aromatic nitrogens is 4. The lowest BCUT2D eigenvalue weighted by Gasteiger charge is -2.09. The molecule has 0 atom stereocenters. The molecule has 114 valence electrons. The molecule has 5 nitrogen and oxygen atoms in total. The van der Waals surface area contributed by atoms with Gasteiger partial charge in [0.25, 0.3) is 11.3 Å². The van der Waals surface area contributed by atoms with E-state index in [1.807, 2.05) is 0 Å². The van der Waals surface area contributed by atoms with Gasteiger partial charge in [0.15, 0.2) is 23.3 Å². The highest BCUT2D eigenvalue weighted by Crippen LogP contribution is 2.30. The summed E-state index contributed by atoms with van der Waals surface area (Å²) in [6, 6.07) is 0. The van der Waals surface area contributed by atoms with Gasteiger partial charge in [0.05, 0.1) is 16.8 Å². The summed E-state index contributed by atoms with van der Waals surface area (Å²) in [5.41, 5.74) is -3.33. The van der Waals surface area contributed by atoms with E-state index in [0.717, 1.165) is 10.8 Å². The fourth-order valence-corrected chi connectivity index (χ4v) is 2.07. The van der Waals surface area contributed by atoms with E-state index in [-0.39, 0.29) is 11.5 Å². The maximum Gasteiger partial charge on any atom is 0.282 e. The fourth-order valence-electron chi connectivity index (χ4n) is 2.07. The van der Waals surface area contributed by atoms with Crippen molar-refractivity contribution in [3.05, 3.63) is 51.5 Å². The predicted octanol–water partition coefficient (Wildman–Crippen LogP) is 2.09.